The molecule has 1 aromatic carbocycles. The summed E-state index contributed by atoms with van der Waals surface area (Å²) in [5.41, 5.74) is 4.83. The molecule has 6 heteroatoms. The van der Waals surface area contributed by atoms with E-state index in [0.717, 1.165) is 55.6 Å². The molecule has 0 aliphatic carbocycles. The van der Waals surface area contributed by atoms with Crippen LogP contribution in [-0.2, 0) is 12.8 Å². The first-order valence-electron chi connectivity index (χ1n) is 8.98. The molecule has 1 aliphatic rings. The second-order valence-electron chi connectivity index (χ2n) is 6.80. The first-order valence-corrected chi connectivity index (χ1v) is 9.74. The summed E-state index contributed by atoms with van der Waals surface area (Å²) in [6, 6.07) is 9.93. The number of halogens is 2. The Balaban J connectivity index is 1.37. The van der Waals surface area contributed by atoms with Gasteiger partial charge in [-0.05, 0) is 49.2 Å². The molecule has 0 atom stereocenters. The highest BCUT2D eigenvalue weighted by Gasteiger charge is 2.18. The van der Waals surface area contributed by atoms with Gasteiger partial charge in [-0.3, -0.25) is 0 Å². The standard InChI is InChI=1S/C20H22Cl2N4/c1-13-17(22)3-5-20(24-13)23-8-11-26-9-6-15-16-12-14(21)2-4-18(16)25-19(15)7-10-26/h2-5,12,25H,6-11H2,1H3,(H,23,24). The van der Waals surface area contributed by atoms with Gasteiger partial charge in [0.15, 0.2) is 0 Å². The van der Waals surface area contributed by atoms with Crippen LogP contribution >= 0.6 is 23.2 Å². The minimum Gasteiger partial charge on any atom is -0.369 e. The Morgan fingerprint density at radius 3 is 2.85 bits per heavy atom. The van der Waals surface area contributed by atoms with Crippen molar-refractivity contribution in [1.82, 2.24) is 14.9 Å². The number of rotatable bonds is 4. The molecule has 0 bridgehead atoms. The molecule has 0 radical (unpaired) electrons. The molecule has 3 heterocycles. The number of H-pyrrole nitrogens is 1. The summed E-state index contributed by atoms with van der Waals surface area (Å²) in [4.78, 5) is 10.5. The van der Waals surface area contributed by atoms with Gasteiger partial charge in [-0.25, -0.2) is 4.98 Å². The van der Waals surface area contributed by atoms with Crippen LogP contribution in [0.1, 0.15) is 17.0 Å². The molecular formula is C20H22Cl2N4. The quantitative estimate of drug-likeness (QED) is 0.680. The Kier molecular flexibility index (Phi) is 5.07. The van der Waals surface area contributed by atoms with Gasteiger partial charge in [0, 0.05) is 54.2 Å². The van der Waals surface area contributed by atoms with Crippen LogP contribution < -0.4 is 5.32 Å². The summed E-state index contributed by atoms with van der Waals surface area (Å²) >= 11 is 12.2. The predicted molar refractivity (Wildman–Crippen MR) is 110 cm³/mol. The van der Waals surface area contributed by atoms with E-state index in [1.165, 1.54) is 22.2 Å². The molecule has 3 aromatic rings. The molecule has 0 unspecified atom stereocenters. The maximum absolute atomic E-state index is 6.19. The van der Waals surface area contributed by atoms with E-state index in [1.54, 1.807) is 0 Å². The lowest BCUT2D eigenvalue weighted by Gasteiger charge is -2.20. The topological polar surface area (TPSA) is 44.0 Å². The zero-order chi connectivity index (χ0) is 18.1. The molecule has 0 saturated heterocycles. The lowest BCUT2D eigenvalue weighted by molar-refractivity contribution is 0.298. The van der Waals surface area contributed by atoms with E-state index in [4.69, 9.17) is 23.2 Å². The van der Waals surface area contributed by atoms with Gasteiger partial charge in [0.2, 0.25) is 0 Å². The lowest BCUT2D eigenvalue weighted by atomic mass is 10.1. The van der Waals surface area contributed by atoms with Gasteiger partial charge in [0.05, 0.1) is 10.7 Å². The first kappa shape index (κ1) is 17.7. The van der Waals surface area contributed by atoms with Crippen molar-refractivity contribution in [2.75, 3.05) is 31.5 Å². The van der Waals surface area contributed by atoms with Gasteiger partial charge in [-0.2, -0.15) is 0 Å². The summed E-state index contributed by atoms with van der Waals surface area (Å²) in [5, 5.41) is 6.17. The molecule has 0 spiro atoms. The largest absolute Gasteiger partial charge is 0.369 e. The molecule has 26 heavy (non-hydrogen) atoms. The van der Waals surface area contributed by atoms with Gasteiger partial charge in [0.25, 0.3) is 0 Å². The normalized spacial score (nSPS) is 15.0. The van der Waals surface area contributed by atoms with Crippen molar-refractivity contribution in [3.05, 3.63) is 57.3 Å². The summed E-state index contributed by atoms with van der Waals surface area (Å²) in [5.74, 6) is 0.882. The van der Waals surface area contributed by atoms with Crippen molar-refractivity contribution in [1.29, 1.82) is 0 Å². The number of hydrogen-bond donors (Lipinski definition) is 2. The van der Waals surface area contributed by atoms with Gasteiger partial charge in [0.1, 0.15) is 5.82 Å². The van der Waals surface area contributed by atoms with Gasteiger partial charge in [-0.1, -0.05) is 23.2 Å². The number of nitrogens with one attached hydrogen (secondary N) is 2. The van der Waals surface area contributed by atoms with E-state index in [2.05, 4.69) is 32.3 Å². The van der Waals surface area contributed by atoms with E-state index in [1.807, 2.05) is 25.1 Å². The van der Waals surface area contributed by atoms with Crippen molar-refractivity contribution < 1.29 is 0 Å². The van der Waals surface area contributed by atoms with Crippen LogP contribution in [0.2, 0.25) is 10.0 Å². The fourth-order valence-corrected chi connectivity index (χ4v) is 3.91. The van der Waals surface area contributed by atoms with Gasteiger partial charge >= 0.3 is 0 Å². The summed E-state index contributed by atoms with van der Waals surface area (Å²) in [6.45, 7) is 5.90. The highest BCUT2D eigenvalue weighted by Crippen LogP contribution is 2.28. The summed E-state index contributed by atoms with van der Waals surface area (Å²) in [6.07, 6.45) is 2.09. The number of aromatic amines is 1. The predicted octanol–water partition coefficient (Wildman–Crippen LogP) is 4.69. The molecule has 136 valence electrons. The molecule has 4 nitrogen and oxygen atoms in total. The van der Waals surface area contributed by atoms with E-state index in [9.17, 15) is 0 Å². The fourth-order valence-electron chi connectivity index (χ4n) is 3.63. The maximum atomic E-state index is 6.19. The van der Waals surface area contributed by atoms with Crippen molar-refractivity contribution in [2.24, 2.45) is 0 Å². The van der Waals surface area contributed by atoms with Crippen LogP contribution in [-0.4, -0.2) is 41.0 Å². The molecule has 0 fully saturated rings. The van der Waals surface area contributed by atoms with Gasteiger partial charge in [-0.15, -0.1) is 0 Å². The highest BCUT2D eigenvalue weighted by molar-refractivity contribution is 6.31. The van der Waals surface area contributed by atoms with Crippen LogP contribution in [0.3, 0.4) is 0 Å². The Hall–Kier alpha value is -1.75. The van der Waals surface area contributed by atoms with Crippen molar-refractivity contribution in [2.45, 2.75) is 19.8 Å². The minimum atomic E-state index is 0.705. The Bertz CT molecular complexity index is 935. The number of hydrogen-bond acceptors (Lipinski definition) is 3. The van der Waals surface area contributed by atoms with E-state index >= 15 is 0 Å². The minimum absolute atomic E-state index is 0.705. The molecule has 1 aliphatic heterocycles. The van der Waals surface area contributed by atoms with E-state index < -0.39 is 0 Å². The second-order valence-corrected chi connectivity index (χ2v) is 7.65. The van der Waals surface area contributed by atoms with Crippen molar-refractivity contribution in [3.8, 4) is 0 Å². The third-order valence-electron chi connectivity index (χ3n) is 5.07. The number of benzene rings is 1. The molecule has 2 aromatic heterocycles. The second kappa shape index (κ2) is 7.47. The first-order chi connectivity index (χ1) is 12.6. The van der Waals surface area contributed by atoms with Crippen LogP contribution in [0.4, 0.5) is 5.82 Å². The number of pyridine rings is 1. The molecule has 0 saturated carbocycles. The Labute approximate surface area is 163 Å². The lowest BCUT2D eigenvalue weighted by Crippen LogP contribution is -2.31. The van der Waals surface area contributed by atoms with Gasteiger partial charge < -0.3 is 15.2 Å². The van der Waals surface area contributed by atoms with Crippen LogP contribution in [0.25, 0.3) is 10.9 Å². The van der Waals surface area contributed by atoms with Crippen LogP contribution in [0, 0.1) is 6.92 Å². The average Bonchev–Trinajstić information content (AvgIpc) is 2.83. The SMILES string of the molecule is Cc1nc(NCCN2CCc3[nH]c4ccc(Cl)cc4c3CC2)ccc1Cl. The smallest absolute Gasteiger partial charge is 0.126 e. The maximum Gasteiger partial charge on any atom is 0.126 e. The number of aryl methyl sites for hydroxylation is 1. The van der Waals surface area contributed by atoms with E-state index in [-0.39, 0.29) is 0 Å². The molecular weight excluding hydrogens is 367 g/mol. The molecule has 2 N–H and O–H groups in total. The van der Waals surface area contributed by atoms with Crippen molar-refractivity contribution in [3.63, 3.8) is 0 Å². The monoisotopic (exact) mass is 388 g/mol. The zero-order valence-corrected chi connectivity index (χ0v) is 16.3. The van der Waals surface area contributed by atoms with Crippen LogP contribution in [0.5, 0.6) is 0 Å². The Morgan fingerprint density at radius 2 is 2.00 bits per heavy atom. The zero-order valence-electron chi connectivity index (χ0n) is 14.8. The molecule has 0 amide bonds. The third kappa shape index (κ3) is 3.68. The Morgan fingerprint density at radius 1 is 1.15 bits per heavy atom. The fraction of sp³-hybridized carbons (Fsp3) is 0.350. The third-order valence-corrected chi connectivity index (χ3v) is 5.70. The number of nitrogens with zero attached hydrogens (tertiary/aromatic N) is 2. The van der Waals surface area contributed by atoms with Crippen LogP contribution in [0.15, 0.2) is 30.3 Å². The van der Waals surface area contributed by atoms with Crippen molar-refractivity contribution >= 4 is 39.9 Å². The summed E-state index contributed by atoms with van der Waals surface area (Å²) < 4.78 is 0. The number of aromatic nitrogens is 2. The highest BCUT2D eigenvalue weighted by atomic mass is 35.5. The van der Waals surface area contributed by atoms with E-state index in [0.29, 0.717) is 5.02 Å². The number of anilines is 1. The average molecular weight is 389 g/mol. The molecule has 4 rings (SSSR count). The number of fused-ring (bicyclic) bond motifs is 3. The summed E-state index contributed by atoms with van der Waals surface area (Å²) in [7, 11) is 0.